The van der Waals surface area contributed by atoms with E-state index >= 15 is 0 Å². The number of H-pyrrole nitrogens is 1. The molecule has 0 bridgehead atoms. The van der Waals surface area contributed by atoms with Gasteiger partial charge in [-0.2, -0.15) is 40.7 Å². The summed E-state index contributed by atoms with van der Waals surface area (Å²) in [5.41, 5.74) is -1.31. The van der Waals surface area contributed by atoms with Crippen LogP contribution < -0.4 is 5.56 Å². The number of imidazole rings is 1. The average molecular weight is 672 g/mol. The molecule has 0 unspecified atom stereocenters. The highest BCUT2D eigenvalue weighted by Crippen LogP contribution is 2.32. The molecule has 0 aliphatic heterocycles. The van der Waals surface area contributed by atoms with Crippen molar-refractivity contribution >= 4 is 69.8 Å². The second kappa shape index (κ2) is 11.1. The van der Waals surface area contributed by atoms with Crippen LogP contribution in [-0.2, 0) is 30.4 Å². The van der Waals surface area contributed by atoms with Crippen molar-refractivity contribution in [2.24, 2.45) is 20.5 Å². The van der Waals surface area contributed by atoms with Crippen molar-refractivity contribution in [3.05, 3.63) is 82.1 Å². The van der Waals surface area contributed by atoms with E-state index < -0.39 is 51.4 Å². The Kier molecular flexibility index (Phi) is 7.69. The number of nitriles is 1. The summed E-state index contributed by atoms with van der Waals surface area (Å²) in [6, 6.07) is 13.2. The quantitative estimate of drug-likeness (QED) is 0.138. The van der Waals surface area contributed by atoms with Gasteiger partial charge < -0.3 is 4.98 Å². The van der Waals surface area contributed by atoms with Gasteiger partial charge in [-0.3, -0.25) is 22.9 Å². The fourth-order valence-electron chi connectivity index (χ4n) is 4.24. The Labute approximate surface area is 253 Å². The maximum atomic E-state index is 13.5. The Morgan fingerprint density at radius 3 is 1.96 bits per heavy atom. The highest BCUT2D eigenvalue weighted by molar-refractivity contribution is 7.86. The molecule has 0 saturated heterocycles. The van der Waals surface area contributed by atoms with E-state index in [4.69, 9.17) is 4.55 Å². The molecule has 45 heavy (non-hydrogen) atoms. The van der Waals surface area contributed by atoms with Crippen molar-refractivity contribution in [3.63, 3.8) is 0 Å². The first kappa shape index (κ1) is 31.3. The lowest BCUT2D eigenvalue weighted by molar-refractivity contribution is 0.481. The number of hydrogen-bond donors (Lipinski definition) is 4. The Morgan fingerprint density at radius 1 is 0.756 bits per heavy atom. The lowest BCUT2D eigenvalue weighted by atomic mass is 10.1. The second-order valence-electron chi connectivity index (χ2n) is 9.22. The third-order valence-corrected chi connectivity index (χ3v) is 8.96. The van der Waals surface area contributed by atoms with Crippen LogP contribution in [0.3, 0.4) is 0 Å². The largest absolute Gasteiger partial charge is 0.338 e. The van der Waals surface area contributed by atoms with Gasteiger partial charge in [0.25, 0.3) is 35.9 Å². The van der Waals surface area contributed by atoms with E-state index in [-0.39, 0.29) is 49.8 Å². The monoisotopic (exact) mass is 671 g/mol. The van der Waals surface area contributed by atoms with E-state index in [9.17, 15) is 44.4 Å². The number of aromatic amines is 1. The smallest absolute Gasteiger partial charge is 0.296 e. The van der Waals surface area contributed by atoms with Crippen LogP contribution in [-0.4, -0.2) is 48.3 Å². The van der Waals surface area contributed by atoms with Gasteiger partial charge in [-0.1, -0.05) is 0 Å². The van der Waals surface area contributed by atoms with Crippen LogP contribution in [0.15, 0.2) is 101 Å². The van der Waals surface area contributed by atoms with Crippen LogP contribution in [0, 0.1) is 18.3 Å². The van der Waals surface area contributed by atoms with Gasteiger partial charge in [0.1, 0.15) is 22.3 Å². The molecular weight excluding hydrogens is 655 g/mol. The first-order chi connectivity index (χ1) is 21.0. The third kappa shape index (κ3) is 6.11. The van der Waals surface area contributed by atoms with E-state index in [1.54, 1.807) is 0 Å². The Bertz CT molecular complexity index is 2550. The number of fused-ring (bicyclic) bond motifs is 3. The zero-order valence-electron chi connectivity index (χ0n) is 22.4. The number of benzene rings is 3. The highest BCUT2D eigenvalue weighted by Gasteiger charge is 2.21. The molecule has 5 aromatic rings. The summed E-state index contributed by atoms with van der Waals surface area (Å²) in [5.74, 6) is 0. The van der Waals surface area contributed by atoms with E-state index in [0.29, 0.717) is 0 Å². The molecule has 230 valence electrons. The molecule has 20 heteroatoms. The molecule has 2 heterocycles. The summed E-state index contributed by atoms with van der Waals surface area (Å²) in [4.78, 5) is 14.7. The molecule has 0 spiro atoms. The predicted molar refractivity (Wildman–Crippen MR) is 156 cm³/mol. The SMILES string of the molecule is Cc1c(N=Nc2ccc(N=Nc3ccc(S(=O)(=O)O)cc3)cc2S(=O)(=O)O)c(=O)n2c([nH]c3cc(S(=O)(=O)O)ccc32)c1C#N. The fourth-order valence-corrected chi connectivity index (χ4v) is 5.86. The molecule has 0 atom stereocenters. The zero-order valence-corrected chi connectivity index (χ0v) is 24.8. The molecule has 0 fully saturated rings. The minimum Gasteiger partial charge on any atom is -0.338 e. The molecule has 0 saturated carbocycles. The Morgan fingerprint density at radius 2 is 1.36 bits per heavy atom. The first-order valence-corrected chi connectivity index (χ1v) is 16.4. The number of nitrogens with zero attached hydrogens (tertiary/aromatic N) is 6. The summed E-state index contributed by atoms with van der Waals surface area (Å²) in [6.45, 7) is 1.39. The zero-order chi connectivity index (χ0) is 32.9. The van der Waals surface area contributed by atoms with Gasteiger partial charge in [0.05, 0.1) is 37.8 Å². The van der Waals surface area contributed by atoms with E-state index in [2.05, 4.69) is 25.4 Å². The highest BCUT2D eigenvalue weighted by atomic mass is 32.2. The summed E-state index contributed by atoms with van der Waals surface area (Å²) < 4.78 is 99.1. The number of rotatable bonds is 7. The lowest BCUT2D eigenvalue weighted by Gasteiger charge is -2.06. The van der Waals surface area contributed by atoms with Crippen molar-refractivity contribution in [1.29, 1.82) is 5.26 Å². The van der Waals surface area contributed by atoms with Crippen LogP contribution in [0.25, 0.3) is 16.7 Å². The van der Waals surface area contributed by atoms with Gasteiger partial charge in [-0.25, -0.2) is 0 Å². The summed E-state index contributed by atoms with van der Waals surface area (Å²) in [7, 11) is -13.9. The van der Waals surface area contributed by atoms with Crippen molar-refractivity contribution in [2.75, 3.05) is 0 Å². The van der Waals surface area contributed by atoms with Crippen LogP contribution in [0.5, 0.6) is 0 Å². The minimum absolute atomic E-state index is 0.00222. The fraction of sp³-hybridized carbons (Fsp3) is 0.0400. The van der Waals surface area contributed by atoms with Crippen molar-refractivity contribution in [1.82, 2.24) is 9.38 Å². The average Bonchev–Trinajstić information content (AvgIpc) is 3.34. The number of hydrogen-bond acceptors (Lipinski definition) is 12. The molecule has 4 N–H and O–H groups in total. The number of azo groups is 2. The lowest BCUT2D eigenvalue weighted by Crippen LogP contribution is -2.15. The number of aromatic nitrogens is 2. The van der Waals surface area contributed by atoms with Crippen LogP contribution in [0.4, 0.5) is 22.7 Å². The molecule has 0 amide bonds. The summed E-state index contributed by atoms with van der Waals surface area (Å²) in [5, 5.41) is 25.3. The maximum Gasteiger partial charge on any atom is 0.296 e. The molecule has 0 aliphatic rings. The van der Waals surface area contributed by atoms with Gasteiger partial charge in [0.15, 0.2) is 5.69 Å². The Balaban J connectivity index is 1.58. The van der Waals surface area contributed by atoms with Gasteiger partial charge in [-0.05, 0) is 67.6 Å². The Hall–Kier alpha value is -5.17. The normalized spacial score (nSPS) is 12.9. The number of nitrogens with one attached hydrogen (secondary N) is 1. The molecule has 0 radical (unpaired) electrons. The van der Waals surface area contributed by atoms with E-state index in [1.165, 1.54) is 31.2 Å². The summed E-state index contributed by atoms with van der Waals surface area (Å²) in [6.07, 6.45) is 0. The first-order valence-electron chi connectivity index (χ1n) is 12.1. The van der Waals surface area contributed by atoms with E-state index in [0.717, 1.165) is 40.8 Å². The molecule has 17 nitrogen and oxygen atoms in total. The summed E-state index contributed by atoms with van der Waals surface area (Å²) >= 11 is 0. The topological polar surface area (TPSA) is 274 Å². The molecule has 5 rings (SSSR count). The van der Waals surface area contributed by atoms with Crippen LogP contribution >= 0.6 is 0 Å². The van der Waals surface area contributed by atoms with Gasteiger partial charge >= 0.3 is 0 Å². The maximum absolute atomic E-state index is 13.5. The van der Waals surface area contributed by atoms with Gasteiger partial charge in [0.2, 0.25) is 0 Å². The van der Waals surface area contributed by atoms with Crippen LogP contribution in [0.1, 0.15) is 11.1 Å². The van der Waals surface area contributed by atoms with Crippen LogP contribution in [0.2, 0.25) is 0 Å². The molecule has 2 aromatic heterocycles. The van der Waals surface area contributed by atoms with E-state index in [1.807, 2.05) is 6.07 Å². The molecule has 0 aliphatic carbocycles. The van der Waals surface area contributed by atoms with Gasteiger partial charge in [0, 0.05) is 5.56 Å². The second-order valence-corrected chi connectivity index (χ2v) is 13.5. The number of pyridine rings is 1. The molecular formula is C25H17N7O10S3. The third-order valence-electron chi connectivity index (χ3n) is 6.36. The van der Waals surface area contributed by atoms with Crippen molar-refractivity contribution in [3.8, 4) is 6.07 Å². The van der Waals surface area contributed by atoms with Crippen molar-refractivity contribution in [2.45, 2.75) is 21.6 Å². The van der Waals surface area contributed by atoms with Crippen molar-refractivity contribution < 1.29 is 38.9 Å². The molecule has 3 aromatic carbocycles. The van der Waals surface area contributed by atoms with Gasteiger partial charge in [-0.15, -0.1) is 10.2 Å². The predicted octanol–water partition coefficient (Wildman–Crippen LogP) is 4.53. The minimum atomic E-state index is -4.93. The standard InChI is InChI=1S/C25H17N7O10S3/c1-13-18(12-26)24-27-20-11-17(44(37,38)39)7-9-21(20)32(24)25(33)23(13)31-30-19-8-4-15(10-22(19)45(40,41)42)29-28-14-2-5-16(6-3-14)43(34,35)36/h2-11,27H,1H3,(H,34,35,36)(H,37,38,39)(H,40,41,42).